The number of hydroxylamine groups is 1. The van der Waals surface area contributed by atoms with E-state index in [0.29, 0.717) is 19.0 Å². The minimum atomic E-state index is -0.860. The first-order valence-electron chi connectivity index (χ1n) is 11.0. The molecule has 9 heteroatoms. The van der Waals surface area contributed by atoms with E-state index in [1.165, 1.54) is 0 Å². The molecule has 8 nitrogen and oxygen atoms in total. The predicted molar refractivity (Wildman–Crippen MR) is 133 cm³/mol. The van der Waals surface area contributed by atoms with Crippen LogP contribution in [0.4, 0.5) is 0 Å². The molecule has 0 amide bonds. The SMILES string of the molecule is Cc1c(CC(=O)O)cccc1OCCONC(=CN1CCSC1)c1ccc(-n2cccn2)cc1. The van der Waals surface area contributed by atoms with Gasteiger partial charge in [0.1, 0.15) is 19.0 Å². The summed E-state index contributed by atoms with van der Waals surface area (Å²) in [5, 5.41) is 13.3. The number of aromatic nitrogens is 2. The largest absolute Gasteiger partial charge is 0.491 e. The second-order valence-corrected chi connectivity index (χ2v) is 8.87. The van der Waals surface area contributed by atoms with E-state index in [0.717, 1.165) is 46.2 Å². The van der Waals surface area contributed by atoms with Crippen molar-refractivity contribution in [3.63, 3.8) is 0 Å². The Labute approximate surface area is 203 Å². The van der Waals surface area contributed by atoms with Crippen LogP contribution in [0.5, 0.6) is 5.75 Å². The molecule has 2 aromatic carbocycles. The van der Waals surface area contributed by atoms with Gasteiger partial charge < -0.3 is 14.7 Å². The number of benzene rings is 2. The molecule has 1 aromatic heterocycles. The summed E-state index contributed by atoms with van der Waals surface area (Å²) in [6, 6.07) is 15.5. The van der Waals surface area contributed by atoms with Crippen molar-refractivity contribution in [2.75, 3.05) is 31.4 Å². The van der Waals surface area contributed by atoms with Crippen molar-refractivity contribution in [2.45, 2.75) is 13.3 Å². The van der Waals surface area contributed by atoms with E-state index < -0.39 is 5.97 Å². The van der Waals surface area contributed by atoms with Crippen LogP contribution >= 0.6 is 11.8 Å². The topological polar surface area (TPSA) is 88.9 Å². The Morgan fingerprint density at radius 1 is 1.21 bits per heavy atom. The molecule has 0 aliphatic carbocycles. The number of hydrogen-bond acceptors (Lipinski definition) is 7. The van der Waals surface area contributed by atoms with Gasteiger partial charge in [-0.25, -0.2) is 4.68 Å². The average Bonchev–Trinajstić information content (AvgIpc) is 3.55. The van der Waals surface area contributed by atoms with Gasteiger partial charge >= 0.3 is 5.97 Å². The molecule has 0 atom stereocenters. The fourth-order valence-electron chi connectivity index (χ4n) is 3.58. The number of rotatable bonds is 11. The number of aliphatic carboxylic acids is 1. The van der Waals surface area contributed by atoms with Crippen molar-refractivity contribution < 1.29 is 19.5 Å². The van der Waals surface area contributed by atoms with E-state index in [9.17, 15) is 4.79 Å². The van der Waals surface area contributed by atoms with Crippen molar-refractivity contribution in [3.8, 4) is 11.4 Å². The van der Waals surface area contributed by atoms with E-state index in [4.69, 9.17) is 14.7 Å². The van der Waals surface area contributed by atoms with Gasteiger partial charge in [-0.3, -0.25) is 15.1 Å². The van der Waals surface area contributed by atoms with Gasteiger partial charge in [-0.1, -0.05) is 24.3 Å². The Hall–Kier alpha value is -3.43. The predicted octanol–water partition coefficient (Wildman–Crippen LogP) is 3.71. The van der Waals surface area contributed by atoms with Gasteiger partial charge in [0.2, 0.25) is 0 Å². The molecule has 0 bridgehead atoms. The van der Waals surface area contributed by atoms with Crippen molar-refractivity contribution in [1.29, 1.82) is 0 Å². The molecule has 1 aliphatic rings. The molecule has 4 rings (SSSR count). The lowest BCUT2D eigenvalue weighted by atomic mass is 10.1. The van der Waals surface area contributed by atoms with Gasteiger partial charge in [0, 0.05) is 36.5 Å². The van der Waals surface area contributed by atoms with Gasteiger partial charge in [0.05, 0.1) is 23.7 Å². The number of nitrogens with zero attached hydrogens (tertiary/aromatic N) is 3. The number of carboxylic acids is 1. The van der Waals surface area contributed by atoms with Crippen LogP contribution in [0.2, 0.25) is 0 Å². The maximum Gasteiger partial charge on any atom is 0.307 e. The maximum atomic E-state index is 11.0. The second kappa shape index (κ2) is 11.6. The molecule has 0 spiro atoms. The molecule has 0 radical (unpaired) electrons. The first kappa shape index (κ1) is 23.7. The number of hydrogen-bond donors (Lipinski definition) is 2. The number of carbonyl (C=O) groups is 1. The molecule has 0 unspecified atom stereocenters. The highest BCUT2D eigenvalue weighted by molar-refractivity contribution is 7.99. The van der Waals surface area contributed by atoms with Crippen molar-refractivity contribution in [2.24, 2.45) is 0 Å². The normalized spacial score (nSPS) is 13.8. The third-order valence-electron chi connectivity index (χ3n) is 5.40. The highest BCUT2D eigenvalue weighted by Gasteiger charge is 2.12. The van der Waals surface area contributed by atoms with Gasteiger partial charge in [-0.2, -0.15) is 5.10 Å². The molecule has 2 heterocycles. The Kier molecular flexibility index (Phi) is 8.11. The van der Waals surface area contributed by atoms with E-state index in [-0.39, 0.29) is 6.42 Å². The van der Waals surface area contributed by atoms with Gasteiger partial charge in [-0.15, -0.1) is 11.8 Å². The van der Waals surface area contributed by atoms with Crippen molar-refractivity contribution in [3.05, 3.63) is 83.8 Å². The molecule has 178 valence electrons. The van der Waals surface area contributed by atoms with Crippen LogP contribution in [-0.2, 0) is 16.1 Å². The first-order valence-corrected chi connectivity index (χ1v) is 12.2. The van der Waals surface area contributed by atoms with Crippen LogP contribution in [-0.4, -0.2) is 57.1 Å². The second-order valence-electron chi connectivity index (χ2n) is 7.80. The summed E-state index contributed by atoms with van der Waals surface area (Å²) in [7, 11) is 0. The summed E-state index contributed by atoms with van der Waals surface area (Å²) in [5.41, 5.74) is 7.53. The molecule has 2 N–H and O–H groups in total. The summed E-state index contributed by atoms with van der Waals surface area (Å²) < 4.78 is 7.65. The van der Waals surface area contributed by atoms with Crippen molar-refractivity contribution in [1.82, 2.24) is 20.2 Å². The highest BCUT2D eigenvalue weighted by atomic mass is 32.2. The Morgan fingerprint density at radius 3 is 2.76 bits per heavy atom. The summed E-state index contributed by atoms with van der Waals surface area (Å²) >= 11 is 1.90. The molecule has 0 saturated carbocycles. The molecule has 34 heavy (non-hydrogen) atoms. The van der Waals surface area contributed by atoms with Crippen LogP contribution < -0.4 is 10.2 Å². The molecular formula is C25H28N4O4S. The minimum absolute atomic E-state index is 0.0246. The van der Waals surface area contributed by atoms with Crippen LogP contribution in [0.25, 0.3) is 11.4 Å². The van der Waals surface area contributed by atoms with Crippen LogP contribution in [0, 0.1) is 6.92 Å². The number of carboxylic acid groups (broad SMARTS) is 1. The summed E-state index contributed by atoms with van der Waals surface area (Å²) in [6.45, 7) is 3.51. The summed E-state index contributed by atoms with van der Waals surface area (Å²) in [6.07, 6.45) is 5.73. The standard InChI is InChI=1S/C25H28N4O4S/c1-19-21(16-25(30)31)4-2-5-24(19)32-13-14-33-27-23(17-28-12-15-34-18-28)20-6-8-22(9-7-20)29-11-3-10-26-29/h2-11,17,27H,12-16,18H2,1H3,(H,30,31). The van der Waals surface area contributed by atoms with E-state index in [1.54, 1.807) is 12.3 Å². The zero-order valence-electron chi connectivity index (χ0n) is 19.0. The molecule has 3 aromatic rings. The zero-order chi connectivity index (χ0) is 23.8. The fraction of sp³-hybridized carbons (Fsp3) is 0.280. The summed E-state index contributed by atoms with van der Waals surface area (Å²) in [4.78, 5) is 19.0. The molecule has 1 aliphatic heterocycles. The van der Waals surface area contributed by atoms with Crippen LogP contribution in [0.3, 0.4) is 0 Å². The smallest absolute Gasteiger partial charge is 0.307 e. The molecular weight excluding hydrogens is 452 g/mol. The fourth-order valence-corrected chi connectivity index (χ4v) is 4.51. The lowest BCUT2D eigenvalue weighted by Gasteiger charge is -2.17. The number of thioether (sulfide) groups is 1. The van der Waals surface area contributed by atoms with Crippen LogP contribution in [0.15, 0.2) is 67.1 Å². The maximum absolute atomic E-state index is 11.0. The van der Waals surface area contributed by atoms with E-state index >= 15 is 0 Å². The average molecular weight is 481 g/mol. The minimum Gasteiger partial charge on any atom is -0.491 e. The lowest BCUT2D eigenvalue weighted by molar-refractivity contribution is -0.136. The first-order chi connectivity index (χ1) is 16.6. The third kappa shape index (κ3) is 6.33. The number of nitrogens with one attached hydrogen (secondary N) is 1. The van der Waals surface area contributed by atoms with Gasteiger partial charge in [-0.05, 0) is 42.3 Å². The Balaban J connectivity index is 1.35. The molecule has 1 fully saturated rings. The lowest BCUT2D eigenvalue weighted by Crippen LogP contribution is -2.21. The van der Waals surface area contributed by atoms with Gasteiger partial charge in [0.25, 0.3) is 0 Å². The van der Waals surface area contributed by atoms with Crippen LogP contribution in [0.1, 0.15) is 16.7 Å². The highest BCUT2D eigenvalue weighted by Crippen LogP contribution is 2.22. The monoisotopic (exact) mass is 480 g/mol. The van der Waals surface area contributed by atoms with Gasteiger partial charge in [0.15, 0.2) is 0 Å². The van der Waals surface area contributed by atoms with E-state index in [2.05, 4.69) is 21.7 Å². The summed E-state index contributed by atoms with van der Waals surface area (Å²) in [5.74, 6) is 1.87. The zero-order valence-corrected chi connectivity index (χ0v) is 19.8. The van der Waals surface area contributed by atoms with E-state index in [1.807, 2.05) is 72.0 Å². The Bertz CT molecular complexity index is 1110. The van der Waals surface area contributed by atoms with Crippen molar-refractivity contribution >= 4 is 23.4 Å². The Morgan fingerprint density at radius 2 is 2.06 bits per heavy atom. The number of ether oxygens (including phenoxy) is 1. The third-order valence-corrected chi connectivity index (χ3v) is 6.39. The quantitative estimate of drug-likeness (QED) is 0.317. The molecule has 1 saturated heterocycles.